The van der Waals surface area contributed by atoms with E-state index in [1.807, 2.05) is 12.1 Å². The molecule has 3 heterocycles. The zero-order chi connectivity index (χ0) is 17.8. The molecule has 1 saturated heterocycles. The van der Waals surface area contributed by atoms with Gasteiger partial charge in [-0.2, -0.15) is 0 Å². The summed E-state index contributed by atoms with van der Waals surface area (Å²) in [7, 11) is 0. The number of nitrogens with zero attached hydrogens (tertiary/aromatic N) is 3. The van der Waals surface area contributed by atoms with Crippen LogP contribution in [0.2, 0.25) is 0 Å². The number of carbonyl (C=O) groups is 1. The SMILES string of the molecule is O=C(NC1CCN(CCc2ccccc2)CC1)c1nc2cccnc2s1. The Balaban J connectivity index is 1.26. The number of hydrogen-bond donors (Lipinski definition) is 1. The van der Waals surface area contributed by atoms with Crippen molar-refractivity contribution in [2.24, 2.45) is 0 Å². The molecule has 1 N–H and O–H groups in total. The summed E-state index contributed by atoms with van der Waals surface area (Å²) >= 11 is 1.36. The Bertz CT molecular complexity index is 839. The Morgan fingerprint density at radius 1 is 1.15 bits per heavy atom. The maximum Gasteiger partial charge on any atom is 0.280 e. The van der Waals surface area contributed by atoms with Gasteiger partial charge < -0.3 is 10.2 Å². The maximum absolute atomic E-state index is 12.5. The Labute approximate surface area is 157 Å². The van der Waals surface area contributed by atoms with Gasteiger partial charge in [0.05, 0.1) is 0 Å². The maximum atomic E-state index is 12.5. The summed E-state index contributed by atoms with van der Waals surface area (Å²) in [6.07, 6.45) is 4.79. The number of fused-ring (bicyclic) bond motifs is 1. The van der Waals surface area contributed by atoms with E-state index < -0.39 is 0 Å². The van der Waals surface area contributed by atoms with Crippen molar-refractivity contribution in [3.63, 3.8) is 0 Å². The van der Waals surface area contributed by atoms with Gasteiger partial charge in [0, 0.05) is 31.9 Å². The molecule has 2 aromatic heterocycles. The van der Waals surface area contributed by atoms with Gasteiger partial charge in [-0.1, -0.05) is 41.7 Å². The van der Waals surface area contributed by atoms with Gasteiger partial charge in [-0.25, -0.2) is 9.97 Å². The van der Waals surface area contributed by atoms with Crippen LogP contribution < -0.4 is 5.32 Å². The van der Waals surface area contributed by atoms with Crippen molar-refractivity contribution in [3.05, 3.63) is 59.2 Å². The monoisotopic (exact) mass is 366 g/mol. The second-order valence-corrected chi connectivity index (χ2v) is 7.65. The van der Waals surface area contributed by atoms with Crippen molar-refractivity contribution in [3.8, 4) is 0 Å². The third-order valence-corrected chi connectivity index (χ3v) is 5.82. The number of hydrogen-bond acceptors (Lipinski definition) is 5. The summed E-state index contributed by atoms with van der Waals surface area (Å²) in [5.74, 6) is -0.0734. The molecule has 4 rings (SSSR count). The molecule has 1 aliphatic rings. The minimum Gasteiger partial charge on any atom is -0.347 e. The Morgan fingerprint density at radius 3 is 2.73 bits per heavy atom. The Kier molecular flexibility index (Phi) is 5.22. The van der Waals surface area contributed by atoms with Crippen molar-refractivity contribution < 1.29 is 4.79 Å². The molecule has 0 spiro atoms. The van der Waals surface area contributed by atoms with Crippen LogP contribution >= 0.6 is 11.3 Å². The van der Waals surface area contributed by atoms with Crippen LogP contribution in [0, 0.1) is 0 Å². The van der Waals surface area contributed by atoms with E-state index in [4.69, 9.17) is 0 Å². The number of rotatable bonds is 5. The lowest BCUT2D eigenvalue weighted by Gasteiger charge is -2.32. The molecule has 1 aliphatic heterocycles. The number of thiazole rings is 1. The molecule has 0 atom stereocenters. The summed E-state index contributed by atoms with van der Waals surface area (Å²) in [4.78, 5) is 24.4. The largest absolute Gasteiger partial charge is 0.347 e. The van der Waals surface area contributed by atoms with Gasteiger partial charge in [-0.05, 0) is 37.0 Å². The van der Waals surface area contributed by atoms with Gasteiger partial charge in [-0.3, -0.25) is 4.79 Å². The Morgan fingerprint density at radius 2 is 1.96 bits per heavy atom. The number of carbonyl (C=O) groups excluding carboxylic acids is 1. The van der Waals surface area contributed by atoms with Gasteiger partial charge >= 0.3 is 0 Å². The molecule has 6 heteroatoms. The average molecular weight is 366 g/mol. The normalized spacial score (nSPS) is 16.0. The van der Waals surface area contributed by atoms with E-state index in [0.717, 1.165) is 49.2 Å². The van der Waals surface area contributed by atoms with Gasteiger partial charge in [0.15, 0.2) is 5.01 Å². The number of likely N-dealkylation sites (tertiary alicyclic amines) is 1. The summed E-state index contributed by atoms with van der Waals surface area (Å²) < 4.78 is 0. The molecule has 5 nitrogen and oxygen atoms in total. The van der Waals surface area contributed by atoms with Crippen LogP contribution in [0.4, 0.5) is 0 Å². The number of aromatic nitrogens is 2. The molecule has 134 valence electrons. The number of piperidine rings is 1. The van der Waals surface area contributed by atoms with Crippen LogP contribution in [0.15, 0.2) is 48.7 Å². The molecule has 1 fully saturated rings. The minimum absolute atomic E-state index is 0.0734. The fourth-order valence-corrected chi connectivity index (χ4v) is 4.16. The molecular formula is C20H22N4OS. The quantitative estimate of drug-likeness (QED) is 0.754. The molecule has 3 aromatic rings. The fraction of sp³-hybridized carbons (Fsp3) is 0.350. The lowest BCUT2D eigenvalue weighted by Crippen LogP contribution is -2.45. The predicted octanol–water partition coefficient (Wildman–Crippen LogP) is 3.13. The molecular weight excluding hydrogens is 344 g/mol. The average Bonchev–Trinajstić information content (AvgIpc) is 3.13. The van der Waals surface area contributed by atoms with Crippen molar-refractivity contribution in [2.75, 3.05) is 19.6 Å². The first-order valence-corrected chi connectivity index (χ1v) is 9.88. The second kappa shape index (κ2) is 7.93. The first-order chi connectivity index (χ1) is 12.8. The summed E-state index contributed by atoms with van der Waals surface area (Å²) in [5, 5.41) is 3.65. The molecule has 0 radical (unpaired) electrons. The van der Waals surface area contributed by atoms with E-state index in [1.165, 1.54) is 16.9 Å². The third kappa shape index (κ3) is 4.08. The topological polar surface area (TPSA) is 58.1 Å². The standard InChI is InChI=1S/C20H22N4OS/c25-18(20-23-17-7-4-11-21-19(17)26-20)22-16-9-13-24(14-10-16)12-8-15-5-2-1-3-6-15/h1-7,11,16H,8-10,12-14H2,(H,22,25). The van der Waals surface area contributed by atoms with Crippen LogP contribution in [-0.2, 0) is 6.42 Å². The first-order valence-electron chi connectivity index (χ1n) is 9.06. The van der Waals surface area contributed by atoms with Gasteiger partial charge in [0.2, 0.25) is 0 Å². The lowest BCUT2D eigenvalue weighted by molar-refractivity contribution is 0.0911. The third-order valence-electron chi connectivity index (χ3n) is 4.84. The summed E-state index contributed by atoms with van der Waals surface area (Å²) in [6, 6.07) is 14.6. The summed E-state index contributed by atoms with van der Waals surface area (Å²) in [6.45, 7) is 3.13. The van der Waals surface area contributed by atoms with Crippen LogP contribution in [0.3, 0.4) is 0 Å². The van der Waals surface area contributed by atoms with Crippen molar-refractivity contribution >= 4 is 27.6 Å². The predicted molar refractivity (Wildman–Crippen MR) is 104 cm³/mol. The minimum atomic E-state index is -0.0734. The van der Waals surface area contributed by atoms with E-state index in [2.05, 4.69) is 50.5 Å². The molecule has 0 bridgehead atoms. The highest BCUT2D eigenvalue weighted by atomic mass is 32.1. The van der Waals surface area contributed by atoms with Gasteiger partial charge in [0.1, 0.15) is 10.3 Å². The van der Waals surface area contributed by atoms with Gasteiger partial charge in [0.25, 0.3) is 5.91 Å². The smallest absolute Gasteiger partial charge is 0.280 e. The van der Waals surface area contributed by atoms with E-state index >= 15 is 0 Å². The molecule has 0 unspecified atom stereocenters. The second-order valence-electron chi connectivity index (χ2n) is 6.67. The highest BCUT2D eigenvalue weighted by molar-refractivity contribution is 7.19. The molecule has 0 saturated carbocycles. The summed E-state index contributed by atoms with van der Waals surface area (Å²) in [5.41, 5.74) is 2.17. The first kappa shape index (κ1) is 17.1. The zero-order valence-corrected chi connectivity index (χ0v) is 15.4. The lowest BCUT2D eigenvalue weighted by atomic mass is 10.0. The van der Waals surface area contributed by atoms with E-state index in [0.29, 0.717) is 5.01 Å². The molecule has 26 heavy (non-hydrogen) atoms. The van der Waals surface area contributed by atoms with Crippen LogP contribution in [0.25, 0.3) is 10.3 Å². The van der Waals surface area contributed by atoms with Crippen LogP contribution in [0.1, 0.15) is 28.2 Å². The highest BCUT2D eigenvalue weighted by Gasteiger charge is 2.22. The highest BCUT2D eigenvalue weighted by Crippen LogP contribution is 2.20. The van der Waals surface area contributed by atoms with Crippen LogP contribution in [-0.4, -0.2) is 46.5 Å². The molecule has 0 aliphatic carbocycles. The van der Waals surface area contributed by atoms with Crippen molar-refractivity contribution in [2.45, 2.75) is 25.3 Å². The van der Waals surface area contributed by atoms with E-state index in [1.54, 1.807) is 6.20 Å². The van der Waals surface area contributed by atoms with E-state index in [-0.39, 0.29) is 11.9 Å². The van der Waals surface area contributed by atoms with Crippen molar-refractivity contribution in [1.82, 2.24) is 20.2 Å². The number of nitrogens with one attached hydrogen (secondary N) is 1. The number of pyridine rings is 1. The van der Waals surface area contributed by atoms with Gasteiger partial charge in [-0.15, -0.1) is 0 Å². The zero-order valence-electron chi connectivity index (χ0n) is 14.6. The Hall–Kier alpha value is -2.31. The number of benzene rings is 1. The number of amides is 1. The fourth-order valence-electron chi connectivity index (χ4n) is 3.35. The van der Waals surface area contributed by atoms with Crippen molar-refractivity contribution in [1.29, 1.82) is 0 Å². The molecule has 1 aromatic carbocycles. The van der Waals surface area contributed by atoms with E-state index in [9.17, 15) is 4.79 Å². The molecule has 1 amide bonds. The van der Waals surface area contributed by atoms with Crippen LogP contribution in [0.5, 0.6) is 0 Å².